The summed E-state index contributed by atoms with van der Waals surface area (Å²) < 4.78 is 4.70. The van der Waals surface area contributed by atoms with Gasteiger partial charge in [0.1, 0.15) is 6.54 Å². The molecule has 0 aromatic carbocycles. The van der Waals surface area contributed by atoms with Crippen LogP contribution in [-0.2, 0) is 28.7 Å². The lowest BCUT2D eigenvalue weighted by Gasteiger charge is -2.19. The Labute approximate surface area is 132 Å². The van der Waals surface area contributed by atoms with Crippen LogP contribution < -0.4 is 10.9 Å². The molecule has 2 rings (SSSR count). The molecule has 0 unspecified atom stereocenters. The number of esters is 1. The molecule has 1 aliphatic carbocycles. The average Bonchev–Trinajstić information content (AvgIpc) is 2.76. The highest BCUT2D eigenvalue weighted by Gasteiger charge is 2.48. The van der Waals surface area contributed by atoms with Gasteiger partial charge in [0.2, 0.25) is 17.7 Å². The first-order valence-corrected chi connectivity index (χ1v) is 7.46. The van der Waals surface area contributed by atoms with E-state index in [1.165, 1.54) is 6.92 Å². The molecular weight excluding hydrogens is 306 g/mol. The zero-order chi connectivity index (χ0) is 17.0. The van der Waals surface area contributed by atoms with E-state index < -0.39 is 30.9 Å². The Morgan fingerprint density at radius 2 is 1.65 bits per heavy atom. The Morgan fingerprint density at radius 3 is 2.17 bits per heavy atom. The lowest BCUT2D eigenvalue weighted by molar-refractivity contribution is -0.155. The number of nitrogens with zero attached hydrogens (tertiary/aromatic N) is 1. The van der Waals surface area contributed by atoms with Crippen LogP contribution in [0.4, 0.5) is 0 Å². The van der Waals surface area contributed by atoms with Crippen molar-refractivity contribution in [1.82, 2.24) is 15.8 Å². The highest BCUT2D eigenvalue weighted by atomic mass is 16.5. The highest BCUT2D eigenvalue weighted by Crippen LogP contribution is 2.37. The van der Waals surface area contributed by atoms with Gasteiger partial charge in [-0.25, -0.2) is 0 Å². The van der Waals surface area contributed by atoms with Crippen molar-refractivity contribution in [2.45, 2.75) is 32.6 Å². The Bertz CT molecular complexity index is 523. The number of hydrogen-bond acceptors (Lipinski definition) is 6. The number of hydrogen-bond donors (Lipinski definition) is 2. The Hall–Kier alpha value is -2.45. The molecule has 1 aliphatic heterocycles. The number of fused-ring (bicyclic) bond motifs is 1. The van der Waals surface area contributed by atoms with Crippen molar-refractivity contribution in [3.8, 4) is 0 Å². The third-order valence-corrected chi connectivity index (χ3v) is 3.96. The SMILES string of the molecule is CC(=O)NNC(=O)COC(=O)CN1C(=O)[C@H]2CCCC[C@H]2C1=O. The van der Waals surface area contributed by atoms with Gasteiger partial charge in [-0.1, -0.05) is 12.8 Å². The van der Waals surface area contributed by atoms with E-state index in [0.717, 1.165) is 17.7 Å². The molecule has 0 bridgehead atoms. The number of carbonyl (C=O) groups is 5. The molecule has 23 heavy (non-hydrogen) atoms. The molecule has 126 valence electrons. The maximum absolute atomic E-state index is 12.2. The number of hydrazine groups is 1. The molecular formula is C14H19N3O6. The zero-order valence-corrected chi connectivity index (χ0v) is 12.8. The molecule has 2 fully saturated rings. The predicted octanol–water partition coefficient (Wildman–Crippen LogP) is -1.13. The molecule has 0 aromatic heterocycles. The topological polar surface area (TPSA) is 122 Å². The summed E-state index contributed by atoms with van der Waals surface area (Å²) in [6, 6.07) is 0. The van der Waals surface area contributed by atoms with E-state index in [-0.39, 0.29) is 23.7 Å². The predicted molar refractivity (Wildman–Crippen MR) is 75.1 cm³/mol. The summed E-state index contributed by atoms with van der Waals surface area (Å²) in [6.07, 6.45) is 3.14. The van der Waals surface area contributed by atoms with Gasteiger partial charge in [0.05, 0.1) is 11.8 Å². The zero-order valence-electron chi connectivity index (χ0n) is 12.8. The van der Waals surface area contributed by atoms with Crippen LogP contribution in [0.1, 0.15) is 32.6 Å². The smallest absolute Gasteiger partial charge is 0.326 e. The monoisotopic (exact) mass is 325 g/mol. The minimum absolute atomic E-state index is 0.327. The second-order valence-electron chi connectivity index (χ2n) is 5.65. The van der Waals surface area contributed by atoms with E-state index in [9.17, 15) is 24.0 Å². The molecule has 9 heteroatoms. The summed E-state index contributed by atoms with van der Waals surface area (Å²) in [4.78, 5) is 58.8. The standard InChI is InChI=1S/C14H19N3O6/c1-8(18)15-16-11(19)7-23-12(20)6-17-13(21)9-4-2-3-5-10(9)14(17)22/h9-10H,2-7H2,1H3,(H,15,18)(H,16,19)/t9-,10+. The van der Waals surface area contributed by atoms with E-state index in [1.54, 1.807) is 0 Å². The van der Waals surface area contributed by atoms with Crippen molar-refractivity contribution < 1.29 is 28.7 Å². The number of rotatable bonds is 4. The summed E-state index contributed by atoms with van der Waals surface area (Å²) in [5.41, 5.74) is 4.07. The second-order valence-corrected chi connectivity index (χ2v) is 5.65. The normalized spacial score (nSPS) is 23.3. The van der Waals surface area contributed by atoms with Crippen LogP contribution in [-0.4, -0.2) is 47.6 Å². The van der Waals surface area contributed by atoms with Gasteiger partial charge < -0.3 is 4.74 Å². The molecule has 2 aliphatic rings. The average molecular weight is 325 g/mol. The second kappa shape index (κ2) is 7.21. The van der Waals surface area contributed by atoms with Crippen molar-refractivity contribution in [3.63, 3.8) is 0 Å². The molecule has 1 saturated carbocycles. The van der Waals surface area contributed by atoms with Gasteiger partial charge in [-0.05, 0) is 12.8 Å². The van der Waals surface area contributed by atoms with Crippen LogP contribution in [0, 0.1) is 11.8 Å². The Kier molecular flexibility index (Phi) is 5.30. The fraction of sp³-hybridized carbons (Fsp3) is 0.643. The van der Waals surface area contributed by atoms with Crippen LogP contribution in [0.2, 0.25) is 0 Å². The Morgan fingerprint density at radius 1 is 1.09 bits per heavy atom. The molecule has 4 amide bonds. The van der Waals surface area contributed by atoms with Crippen LogP contribution in [0.15, 0.2) is 0 Å². The third-order valence-electron chi connectivity index (χ3n) is 3.96. The summed E-state index contributed by atoms with van der Waals surface area (Å²) in [5.74, 6) is -3.36. The van der Waals surface area contributed by atoms with E-state index in [4.69, 9.17) is 4.74 Å². The van der Waals surface area contributed by atoms with Crippen LogP contribution in [0.3, 0.4) is 0 Å². The van der Waals surface area contributed by atoms with Gasteiger partial charge in [0, 0.05) is 6.92 Å². The van der Waals surface area contributed by atoms with Crippen LogP contribution in [0.25, 0.3) is 0 Å². The minimum atomic E-state index is -0.844. The van der Waals surface area contributed by atoms with Gasteiger partial charge in [0.15, 0.2) is 6.61 Å². The van der Waals surface area contributed by atoms with Crippen LogP contribution >= 0.6 is 0 Å². The van der Waals surface area contributed by atoms with Crippen molar-refractivity contribution in [2.24, 2.45) is 11.8 Å². The summed E-state index contributed by atoms with van der Waals surface area (Å²) >= 11 is 0. The first-order valence-electron chi connectivity index (χ1n) is 7.46. The summed E-state index contributed by atoms with van der Waals surface area (Å²) in [7, 11) is 0. The largest absolute Gasteiger partial charge is 0.454 e. The molecule has 1 heterocycles. The Balaban J connectivity index is 1.81. The van der Waals surface area contributed by atoms with Gasteiger partial charge >= 0.3 is 5.97 Å². The number of likely N-dealkylation sites (tertiary alicyclic amines) is 1. The molecule has 2 atom stereocenters. The first-order chi connectivity index (χ1) is 10.9. The lowest BCUT2D eigenvalue weighted by Crippen LogP contribution is -2.43. The van der Waals surface area contributed by atoms with Gasteiger partial charge in [-0.3, -0.25) is 39.7 Å². The highest BCUT2D eigenvalue weighted by molar-refractivity contribution is 6.07. The number of ether oxygens (including phenoxy) is 1. The first kappa shape index (κ1) is 16.9. The van der Waals surface area contributed by atoms with Crippen molar-refractivity contribution >= 4 is 29.6 Å². The molecule has 0 spiro atoms. The van der Waals surface area contributed by atoms with Gasteiger partial charge in [-0.15, -0.1) is 0 Å². The van der Waals surface area contributed by atoms with E-state index in [2.05, 4.69) is 0 Å². The van der Waals surface area contributed by atoms with Crippen molar-refractivity contribution in [2.75, 3.05) is 13.2 Å². The van der Waals surface area contributed by atoms with Crippen molar-refractivity contribution in [1.29, 1.82) is 0 Å². The molecule has 0 aromatic rings. The number of amides is 4. The van der Waals surface area contributed by atoms with Gasteiger partial charge in [-0.2, -0.15) is 0 Å². The quantitative estimate of drug-likeness (QED) is 0.383. The molecule has 9 nitrogen and oxygen atoms in total. The fourth-order valence-corrected chi connectivity index (χ4v) is 2.90. The summed E-state index contributed by atoms with van der Waals surface area (Å²) in [5, 5.41) is 0. The molecule has 1 saturated heterocycles. The van der Waals surface area contributed by atoms with Crippen molar-refractivity contribution in [3.05, 3.63) is 0 Å². The van der Waals surface area contributed by atoms with E-state index in [1.807, 2.05) is 10.9 Å². The number of imide groups is 1. The van der Waals surface area contributed by atoms with Gasteiger partial charge in [0.25, 0.3) is 5.91 Å². The maximum Gasteiger partial charge on any atom is 0.326 e. The van der Waals surface area contributed by atoms with E-state index in [0.29, 0.717) is 12.8 Å². The lowest BCUT2D eigenvalue weighted by atomic mass is 9.81. The summed E-state index contributed by atoms with van der Waals surface area (Å²) in [6.45, 7) is 0.108. The number of nitrogens with one attached hydrogen (secondary N) is 2. The molecule has 2 N–H and O–H groups in total. The third kappa shape index (κ3) is 4.05. The van der Waals surface area contributed by atoms with Crippen LogP contribution in [0.5, 0.6) is 0 Å². The van der Waals surface area contributed by atoms with E-state index >= 15 is 0 Å². The minimum Gasteiger partial charge on any atom is -0.454 e. The molecule has 0 radical (unpaired) electrons. The number of carbonyl (C=O) groups excluding carboxylic acids is 5. The fourth-order valence-electron chi connectivity index (χ4n) is 2.90. The maximum atomic E-state index is 12.2.